The first-order valence-electron chi connectivity index (χ1n) is 3.54. The molecule has 0 fully saturated rings. The van der Waals surface area contributed by atoms with E-state index in [4.69, 9.17) is 4.84 Å². The number of rotatable bonds is 3. The van der Waals surface area contributed by atoms with Crippen LogP contribution in [-0.2, 0) is 4.84 Å². The number of aromatic nitrogens is 1. The van der Waals surface area contributed by atoms with Crippen molar-refractivity contribution in [3.8, 4) is 0 Å². The molecule has 0 bridgehead atoms. The van der Waals surface area contributed by atoms with E-state index in [9.17, 15) is 0 Å². The predicted molar refractivity (Wildman–Crippen MR) is 44.1 cm³/mol. The number of quaternary nitrogens is 1. The first kappa shape index (κ1) is 8.04. The zero-order chi connectivity index (χ0) is 8.10. The molecule has 0 aliphatic heterocycles. The van der Waals surface area contributed by atoms with Gasteiger partial charge < -0.3 is 4.98 Å². The molecule has 0 saturated heterocycles. The molecule has 3 N–H and O–H groups in total. The highest BCUT2D eigenvalue weighted by Gasteiger charge is 2.02. The number of hydrogen-bond acceptors (Lipinski definition) is 1. The van der Waals surface area contributed by atoms with Gasteiger partial charge in [0.25, 0.3) is 0 Å². The normalized spacial score (nSPS) is 11.1. The third-order valence-electron chi connectivity index (χ3n) is 1.39. The smallest absolute Gasteiger partial charge is 0.242 e. The van der Waals surface area contributed by atoms with Gasteiger partial charge in [-0.1, -0.05) is 12.2 Å². The highest BCUT2D eigenvalue weighted by Crippen LogP contribution is 2.08. The summed E-state index contributed by atoms with van der Waals surface area (Å²) in [5.74, 6) is 1.01. The molecule has 11 heavy (non-hydrogen) atoms. The molecule has 0 atom stereocenters. The number of nitrogens with one attached hydrogen (secondary N) is 1. The van der Waals surface area contributed by atoms with Crippen molar-refractivity contribution in [1.82, 2.24) is 4.98 Å². The van der Waals surface area contributed by atoms with Crippen molar-refractivity contribution in [3.05, 3.63) is 23.9 Å². The topological polar surface area (TPSA) is 41.6 Å². The lowest BCUT2D eigenvalue weighted by Gasteiger charge is -1.92. The number of allylic oxidation sites excluding steroid dienone is 1. The van der Waals surface area contributed by atoms with Gasteiger partial charge in [-0.3, -0.25) is 0 Å². The first-order chi connectivity index (χ1) is 5.38. The van der Waals surface area contributed by atoms with Crippen LogP contribution in [0.5, 0.6) is 0 Å². The van der Waals surface area contributed by atoms with E-state index in [0.717, 1.165) is 11.4 Å². The van der Waals surface area contributed by atoms with Gasteiger partial charge in [-0.15, -0.1) is 0 Å². The van der Waals surface area contributed by atoms with E-state index < -0.39 is 0 Å². The van der Waals surface area contributed by atoms with E-state index in [-0.39, 0.29) is 0 Å². The quantitative estimate of drug-likeness (QED) is 0.620. The molecule has 0 radical (unpaired) electrons. The van der Waals surface area contributed by atoms with Crippen molar-refractivity contribution in [2.45, 2.75) is 6.92 Å². The van der Waals surface area contributed by atoms with Crippen molar-refractivity contribution in [3.63, 3.8) is 0 Å². The molecule has 3 nitrogen and oxygen atoms in total. The van der Waals surface area contributed by atoms with E-state index in [0.29, 0.717) is 0 Å². The van der Waals surface area contributed by atoms with E-state index in [1.165, 1.54) is 0 Å². The zero-order valence-electron chi connectivity index (χ0n) is 6.79. The van der Waals surface area contributed by atoms with Gasteiger partial charge in [0.15, 0.2) is 0 Å². The molecule has 0 aliphatic rings. The molecule has 0 aromatic carbocycles. The molecule has 1 rings (SSSR count). The van der Waals surface area contributed by atoms with Crippen LogP contribution in [0.3, 0.4) is 0 Å². The molecular formula is C8H13N2O+. The molecule has 0 spiro atoms. The fourth-order valence-corrected chi connectivity index (χ4v) is 0.939. The Kier molecular flexibility index (Phi) is 2.89. The molecule has 1 aromatic heterocycles. The second kappa shape index (κ2) is 3.95. The Morgan fingerprint density at radius 3 is 3.09 bits per heavy atom. The van der Waals surface area contributed by atoms with Gasteiger partial charge >= 0.3 is 0 Å². The number of H-pyrrole nitrogens is 1. The van der Waals surface area contributed by atoms with Gasteiger partial charge in [-0.05, 0) is 13.0 Å². The van der Waals surface area contributed by atoms with Crippen LogP contribution in [0, 0.1) is 0 Å². The monoisotopic (exact) mass is 153 g/mol. The van der Waals surface area contributed by atoms with Crippen LogP contribution in [0.25, 0.3) is 6.08 Å². The van der Waals surface area contributed by atoms with Crippen LogP contribution < -0.4 is 5.48 Å². The molecule has 0 saturated carbocycles. The summed E-state index contributed by atoms with van der Waals surface area (Å²) in [6.45, 7) is 1.99. The van der Waals surface area contributed by atoms with Crippen molar-refractivity contribution in [1.29, 1.82) is 0 Å². The maximum Gasteiger partial charge on any atom is 0.242 e. The number of aromatic amines is 1. The minimum atomic E-state index is 1.01. The Morgan fingerprint density at radius 1 is 1.64 bits per heavy atom. The van der Waals surface area contributed by atoms with Crippen molar-refractivity contribution < 1.29 is 10.3 Å². The zero-order valence-corrected chi connectivity index (χ0v) is 6.79. The summed E-state index contributed by atoms with van der Waals surface area (Å²) in [7, 11) is 1.64. The van der Waals surface area contributed by atoms with Gasteiger partial charge in [0, 0.05) is 6.20 Å². The second-order valence-electron chi connectivity index (χ2n) is 2.20. The lowest BCUT2D eigenvalue weighted by atomic mass is 10.3. The summed E-state index contributed by atoms with van der Waals surface area (Å²) in [6, 6.07) is 2.00. The third kappa shape index (κ3) is 1.93. The minimum Gasteiger partial charge on any atom is -0.315 e. The Labute approximate surface area is 66.0 Å². The first-order valence-corrected chi connectivity index (χ1v) is 3.54. The second-order valence-corrected chi connectivity index (χ2v) is 2.20. The van der Waals surface area contributed by atoms with E-state index >= 15 is 0 Å². The third-order valence-corrected chi connectivity index (χ3v) is 1.39. The summed E-state index contributed by atoms with van der Waals surface area (Å²) in [5, 5.41) is 0. The summed E-state index contributed by atoms with van der Waals surface area (Å²) in [6.07, 6.45) is 5.91. The average Bonchev–Trinajstić information content (AvgIpc) is 2.39. The lowest BCUT2D eigenvalue weighted by Crippen LogP contribution is -2.76. The number of nitrogens with two attached hydrogens (primary N) is 1. The van der Waals surface area contributed by atoms with Crippen molar-refractivity contribution in [2.75, 3.05) is 7.11 Å². The minimum absolute atomic E-state index is 1.01. The maximum absolute atomic E-state index is 4.88. The standard InChI is InChI=1S/C8H12N2O/c1-3-4-7-5-6-9-8(7)10-11-2/h3-6,9-10H,1-2H3/p+1/b4-3-. The fourth-order valence-electron chi connectivity index (χ4n) is 0.939. The Hall–Kier alpha value is -1.06. The van der Waals surface area contributed by atoms with E-state index in [2.05, 4.69) is 4.98 Å². The highest BCUT2D eigenvalue weighted by molar-refractivity contribution is 5.57. The SMILES string of the molecule is C/C=C\c1cc[nH]c1[NH2+]OC. The average molecular weight is 153 g/mol. The Balaban J connectivity index is 2.78. The molecule has 3 heteroatoms. The summed E-state index contributed by atoms with van der Waals surface area (Å²) in [5.41, 5.74) is 2.84. The molecule has 1 aromatic rings. The summed E-state index contributed by atoms with van der Waals surface area (Å²) < 4.78 is 0. The lowest BCUT2D eigenvalue weighted by molar-refractivity contribution is -0.832. The van der Waals surface area contributed by atoms with Gasteiger partial charge in [0.2, 0.25) is 5.82 Å². The van der Waals surface area contributed by atoms with E-state index in [1.807, 2.05) is 31.3 Å². The van der Waals surface area contributed by atoms with Gasteiger partial charge in [0.05, 0.1) is 12.7 Å². The molecule has 60 valence electrons. The fraction of sp³-hybridized carbons (Fsp3) is 0.250. The maximum atomic E-state index is 4.88. The molecule has 0 unspecified atom stereocenters. The Morgan fingerprint density at radius 2 is 2.45 bits per heavy atom. The van der Waals surface area contributed by atoms with Crippen molar-refractivity contribution in [2.24, 2.45) is 0 Å². The van der Waals surface area contributed by atoms with Gasteiger partial charge in [0.1, 0.15) is 0 Å². The number of hydrogen-bond donors (Lipinski definition) is 2. The van der Waals surface area contributed by atoms with Crippen LogP contribution in [-0.4, -0.2) is 12.1 Å². The van der Waals surface area contributed by atoms with Gasteiger partial charge in [-0.25, -0.2) is 4.84 Å². The highest BCUT2D eigenvalue weighted by atomic mass is 16.6. The molecule has 0 aliphatic carbocycles. The van der Waals surface area contributed by atoms with Crippen LogP contribution in [0.15, 0.2) is 18.3 Å². The van der Waals surface area contributed by atoms with Crippen LogP contribution in [0.4, 0.5) is 5.82 Å². The van der Waals surface area contributed by atoms with E-state index in [1.54, 1.807) is 12.6 Å². The Bertz CT molecular complexity index is 240. The van der Waals surface area contributed by atoms with Gasteiger partial charge in [-0.2, -0.15) is 5.48 Å². The molecule has 1 heterocycles. The summed E-state index contributed by atoms with van der Waals surface area (Å²) >= 11 is 0. The summed E-state index contributed by atoms with van der Waals surface area (Å²) in [4.78, 5) is 7.94. The molecule has 0 amide bonds. The van der Waals surface area contributed by atoms with Crippen LogP contribution in [0.1, 0.15) is 12.5 Å². The molecular weight excluding hydrogens is 140 g/mol. The van der Waals surface area contributed by atoms with Crippen molar-refractivity contribution >= 4 is 11.9 Å². The largest absolute Gasteiger partial charge is 0.315 e. The van der Waals surface area contributed by atoms with Crippen LogP contribution in [0.2, 0.25) is 0 Å². The van der Waals surface area contributed by atoms with Crippen LogP contribution >= 0.6 is 0 Å². The predicted octanol–water partition coefficient (Wildman–Crippen LogP) is 0.804.